The second-order valence-electron chi connectivity index (χ2n) is 4.31. The molecule has 0 amide bonds. The van der Waals surface area contributed by atoms with Crippen LogP contribution in [-0.4, -0.2) is 14.7 Å². The number of nitrogen functional groups attached to an aromatic ring is 1. The summed E-state index contributed by atoms with van der Waals surface area (Å²) >= 11 is 0. The Bertz CT molecular complexity index is 590. The number of hydrogen-bond acceptors (Lipinski definition) is 4. The number of rotatable bonds is 3. The van der Waals surface area contributed by atoms with Gasteiger partial charge in [-0.15, -0.1) is 0 Å². The highest BCUT2D eigenvalue weighted by Gasteiger charge is 2.18. The highest BCUT2D eigenvalue weighted by molar-refractivity contribution is 5.55. The van der Waals surface area contributed by atoms with E-state index in [1.54, 1.807) is 24.3 Å². The summed E-state index contributed by atoms with van der Waals surface area (Å²) in [5.74, 6) is 0.615. The van der Waals surface area contributed by atoms with Gasteiger partial charge in [0.15, 0.2) is 0 Å². The van der Waals surface area contributed by atoms with E-state index < -0.39 is 4.92 Å². The molecule has 2 N–H and O–H groups in total. The number of nitrogens with two attached hydrogens (primary N) is 1. The summed E-state index contributed by atoms with van der Waals surface area (Å²) in [6.07, 6.45) is 0. The van der Waals surface area contributed by atoms with E-state index in [0.29, 0.717) is 11.5 Å². The van der Waals surface area contributed by atoms with Gasteiger partial charge in [0.2, 0.25) is 0 Å². The fourth-order valence-corrected chi connectivity index (χ4v) is 1.69. The van der Waals surface area contributed by atoms with Gasteiger partial charge in [-0.05, 0) is 12.0 Å². The summed E-state index contributed by atoms with van der Waals surface area (Å²) in [7, 11) is 0. The molecule has 18 heavy (non-hydrogen) atoms. The number of benzene rings is 1. The minimum absolute atomic E-state index is 0.0115. The standard InChI is InChI=1S/C12H14N4O2/c1-8(2)9-7-12(13)15(14-9)10-5-3-4-6-11(10)16(17)18/h3-8H,13H2,1-2H3. The van der Waals surface area contributed by atoms with Crippen molar-refractivity contribution in [1.29, 1.82) is 0 Å². The zero-order valence-corrected chi connectivity index (χ0v) is 10.2. The summed E-state index contributed by atoms with van der Waals surface area (Å²) in [5.41, 5.74) is 7.04. The maximum absolute atomic E-state index is 11.0. The van der Waals surface area contributed by atoms with Gasteiger partial charge < -0.3 is 5.73 Å². The van der Waals surface area contributed by atoms with E-state index in [4.69, 9.17) is 5.73 Å². The Hall–Kier alpha value is -2.37. The van der Waals surface area contributed by atoms with Crippen molar-refractivity contribution < 1.29 is 4.92 Å². The fraction of sp³-hybridized carbons (Fsp3) is 0.250. The van der Waals surface area contributed by atoms with E-state index in [9.17, 15) is 10.1 Å². The predicted octanol–water partition coefficient (Wildman–Crippen LogP) is 2.49. The summed E-state index contributed by atoms with van der Waals surface area (Å²) in [5, 5.41) is 15.3. The molecule has 0 aliphatic heterocycles. The molecule has 0 unspecified atom stereocenters. The van der Waals surface area contributed by atoms with Crippen LogP contribution in [0.25, 0.3) is 5.69 Å². The molecule has 1 aromatic heterocycles. The number of nitro benzene ring substituents is 1. The van der Waals surface area contributed by atoms with Gasteiger partial charge in [0.05, 0.1) is 10.6 Å². The molecule has 0 bridgehead atoms. The van der Waals surface area contributed by atoms with Gasteiger partial charge in [-0.3, -0.25) is 10.1 Å². The topological polar surface area (TPSA) is 87.0 Å². The van der Waals surface area contributed by atoms with Gasteiger partial charge >= 0.3 is 0 Å². The SMILES string of the molecule is CC(C)c1cc(N)n(-c2ccccc2[N+](=O)[O-])n1. The van der Waals surface area contributed by atoms with Crippen molar-refractivity contribution in [1.82, 2.24) is 9.78 Å². The van der Waals surface area contributed by atoms with Crippen LogP contribution in [0.5, 0.6) is 0 Å². The Labute approximate surface area is 104 Å². The zero-order chi connectivity index (χ0) is 13.3. The maximum atomic E-state index is 11.0. The quantitative estimate of drug-likeness (QED) is 0.665. The maximum Gasteiger partial charge on any atom is 0.294 e. The number of anilines is 1. The second-order valence-corrected chi connectivity index (χ2v) is 4.31. The summed E-state index contributed by atoms with van der Waals surface area (Å²) < 4.78 is 1.41. The van der Waals surface area contributed by atoms with Crippen molar-refractivity contribution in [3.63, 3.8) is 0 Å². The molecule has 94 valence electrons. The molecule has 0 aliphatic rings. The monoisotopic (exact) mass is 246 g/mol. The summed E-state index contributed by atoms with van der Waals surface area (Å²) in [6, 6.07) is 8.14. The number of nitrogens with zero attached hydrogens (tertiary/aromatic N) is 3. The first-order chi connectivity index (χ1) is 8.50. The van der Waals surface area contributed by atoms with Crippen molar-refractivity contribution in [3.8, 4) is 5.69 Å². The second kappa shape index (κ2) is 4.48. The molecular formula is C12H14N4O2. The van der Waals surface area contributed by atoms with Crippen LogP contribution in [0.4, 0.5) is 11.5 Å². The summed E-state index contributed by atoms with van der Waals surface area (Å²) in [6.45, 7) is 3.98. The molecule has 2 rings (SSSR count). The number of nitro groups is 1. The Kier molecular flexibility index (Phi) is 3.01. The van der Waals surface area contributed by atoms with Crippen molar-refractivity contribution in [2.75, 3.05) is 5.73 Å². The van der Waals surface area contributed by atoms with Crippen LogP contribution in [0.3, 0.4) is 0 Å². The van der Waals surface area contributed by atoms with E-state index in [-0.39, 0.29) is 11.6 Å². The zero-order valence-electron chi connectivity index (χ0n) is 10.2. The normalized spacial score (nSPS) is 10.8. The van der Waals surface area contributed by atoms with E-state index in [0.717, 1.165) is 5.69 Å². The van der Waals surface area contributed by atoms with E-state index >= 15 is 0 Å². The Morgan fingerprint density at radius 1 is 1.39 bits per heavy atom. The van der Waals surface area contributed by atoms with Crippen LogP contribution in [0, 0.1) is 10.1 Å². The molecule has 0 spiro atoms. The molecule has 6 nitrogen and oxygen atoms in total. The Balaban J connectivity index is 2.58. The first-order valence-corrected chi connectivity index (χ1v) is 5.60. The van der Waals surface area contributed by atoms with Crippen LogP contribution >= 0.6 is 0 Å². The number of aromatic nitrogens is 2. The Morgan fingerprint density at radius 3 is 2.61 bits per heavy atom. The van der Waals surface area contributed by atoms with Crippen molar-refractivity contribution in [2.45, 2.75) is 19.8 Å². The molecule has 0 saturated heterocycles. The highest BCUT2D eigenvalue weighted by Crippen LogP contribution is 2.26. The lowest BCUT2D eigenvalue weighted by Crippen LogP contribution is -2.05. The van der Waals surface area contributed by atoms with Gasteiger partial charge in [0, 0.05) is 12.1 Å². The average molecular weight is 246 g/mol. The minimum Gasteiger partial charge on any atom is -0.384 e. The molecule has 0 fully saturated rings. The predicted molar refractivity (Wildman–Crippen MR) is 68.7 cm³/mol. The van der Waals surface area contributed by atoms with Gasteiger partial charge in [-0.2, -0.15) is 5.10 Å². The average Bonchev–Trinajstić information content (AvgIpc) is 2.71. The highest BCUT2D eigenvalue weighted by atomic mass is 16.6. The first-order valence-electron chi connectivity index (χ1n) is 5.60. The Morgan fingerprint density at radius 2 is 2.06 bits per heavy atom. The third kappa shape index (κ3) is 2.04. The molecule has 0 atom stereocenters. The number of para-hydroxylation sites is 2. The largest absolute Gasteiger partial charge is 0.384 e. The lowest BCUT2D eigenvalue weighted by Gasteiger charge is -2.04. The fourth-order valence-electron chi connectivity index (χ4n) is 1.69. The number of hydrogen-bond donors (Lipinski definition) is 1. The van der Waals surface area contributed by atoms with Gasteiger partial charge in [0.25, 0.3) is 5.69 Å². The van der Waals surface area contributed by atoms with Crippen molar-refractivity contribution in [2.24, 2.45) is 0 Å². The summed E-state index contributed by atoms with van der Waals surface area (Å²) in [4.78, 5) is 10.5. The van der Waals surface area contributed by atoms with Crippen molar-refractivity contribution in [3.05, 3.63) is 46.1 Å². The molecule has 2 aromatic rings. The van der Waals surface area contributed by atoms with E-state index in [1.807, 2.05) is 13.8 Å². The molecule has 1 heterocycles. The van der Waals surface area contributed by atoms with Gasteiger partial charge in [-0.1, -0.05) is 26.0 Å². The molecule has 0 radical (unpaired) electrons. The molecule has 0 saturated carbocycles. The molecular weight excluding hydrogens is 232 g/mol. The minimum atomic E-state index is -0.439. The van der Waals surface area contributed by atoms with Crippen molar-refractivity contribution >= 4 is 11.5 Å². The third-order valence-corrected chi connectivity index (χ3v) is 2.65. The van der Waals surface area contributed by atoms with Gasteiger partial charge in [0.1, 0.15) is 11.5 Å². The van der Waals surface area contributed by atoms with Gasteiger partial charge in [-0.25, -0.2) is 4.68 Å². The first kappa shape index (κ1) is 12.1. The molecule has 6 heteroatoms. The van der Waals surface area contributed by atoms with E-state index in [1.165, 1.54) is 10.7 Å². The van der Waals surface area contributed by atoms with Crippen LogP contribution < -0.4 is 5.73 Å². The smallest absolute Gasteiger partial charge is 0.294 e. The van der Waals surface area contributed by atoms with Crippen LogP contribution in [-0.2, 0) is 0 Å². The lowest BCUT2D eigenvalue weighted by atomic mass is 10.1. The van der Waals surface area contributed by atoms with E-state index in [2.05, 4.69) is 5.10 Å². The van der Waals surface area contributed by atoms with Crippen LogP contribution in [0.1, 0.15) is 25.5 Å². The molecule has 1 aromatic carbocycles. The molecule has 0 aliphatic carbocycles. The van der Waals surface area contributed by atoms with Crippen LogP contribution in [0.15, 0.2) is 30.3 Å². The van der Waals surface area contributed by atoms with Crippen LogP contribution in [0.2, 0.25) is 0 Å². The third-order valence-electron chi connectivity index (χ3n) is 2.65. The lowest BCUT2D eigenvalue weighted by molar-refractivity contribution is -0.384.